The highest BCUT2D eigenvalue weighted by Gasteiger charge is 2.49. The first-order valence-corrected chi connectivity index (χ1v) is 10.2. The molecule has 1 aliphatic heterocycles. The summed E-state index contributed by atoms with van der Waals surface area (Å²) in [7, 11) is 0. The predicted molar refractivity (Wildman–Crippen MR) is 104 cm³/mol. The van der Waals surface area contributed by atoms with E-state index < -0.39 is 12.2 Å². The van der Waals surface area contributed by atoms with E-state index in [0.717, 1.165) is 25.7 Å². The maximum atomic E-state index is 11.7. The monoisotopic (exact) mass is 362 g/mol. The molecule has 5 atom stereocenters. The summed E-state index contributed by atoms with van der Waals surface area (Å²) in [4.78, 5) is 11.7. The zero-order chi connectivity index (χ0) is 18.8. The van der Waals surface area contributed by atoms with Crippen molar-refractivity contribution in [3.63, 3.8) is 0 Å². The van der Waals surface area contributed by atoms with Gasteiger partial charge in [0.1, 0.15) is 6.10 Å². The fraction of sp³-hybridized carbons (Fsp3) is 0.682. The molecule has 0 bridgehead atoms. The van der Waals surface area contributed by atoms with Gasteiger partial charge in [0.15, 0.2) is 0 Å². The van der Waals surface area contributed by atoms with E-state index in [2.05, 4.69) is 25.2 Å². The van der Waals surface area contributed by atoms with Crippen LogP contribution < -0.4 is 0 Å². The topological polar surface area (TPSA) is 66.8 Å². The molecule has 0 aromatic rings. The first-order valence-electron chi connectivity index (χ1n) is 10.2. The molecule has 4 heteroatoms. The number of cyclic esters (lactones) is 1. The molecule has 26 heavy (non-hydrogen) atoms. The minimum Gasteiger partial charge on any atom is -0.462 e. The van der Waals surface area contributed by atoms with Crippen molar-refractivity contribution in [2.75, 3.05) is 0 Å². The fourth-order valence-electron chi connectivity index (χ4n) is 3.53. The number of aliphatic hydroxyl groups excluding tert-OH is 2. The normalized spacial score (nSPS) is 30.0. The van der Waals surface area contributed by atoms with Gasteiger partial charge in [-0.25, -0.2) is 0 Å². The van der Waals surface area contributed by atoms with Gasteiger partial charge in [0.2, 0.25) is 0 Å². The first kappa shape index (κ1) is 20.9. The molecule has 1 saturated carbocycles. The third-order valence-corrected chi connectivity index (χ3v) is 5.24. The molecule has 4 nitrogen and oxygen atoms in total. The average Bonchev–Trinajstić information content (AvgIpc) is 3.40. The molecule has 1 fully saturated rings. The predicted octanol–water partition coefficient (Wildman–Crippen LogP) is 4.08. The summed E-state index contributed by atoms with van der Waals surface area (Å²) in [5.41, 5.74) is 0. The summed E-state index contributed by atoms with van der Waals surface area (Å²) >= 11 is 0. The van der Waals surface area contributed by atoms with Crippen molar-refractivity contribution in [2.24, 2.45) is 11.8 Å². The minimum absolute atomic E-state index is 0.00450. The van der Waals surface area contributed by atoms with Gasteiger partial charge in [-0.1, -0.05) is 56.2 Å². The second-order valence-corrected chi connectivity index (χ2v) is 7.45. The van der Waals surface area contributed by atoms with Crippen LogP contribution in [0.15, 0.2) is 36.5 Å². The zero-order valence-electron chi connectivity index (χ0n) is 15.9. The van der Waals surface area contributed by atoms with Crippen LogP contribution in [0.1, 0.15) is 64.7 Å². The molecule has 0 unspecified atom stereocenters. The molecule has 1 aliphatic carbocycles. The van der Waals surface area contributed by atoms with Gasteiger partial charge in [0.05, 0.1) is 12.2 Å². The van der Waals surface area contributed by atoms with E-state index in [0.29, 0.717) is 12.8 Å². The van der Waals surface area contributed by atoms with E-state index in [4.69, 9.17) is 4.74 Å². The second-order valence-electron chi connectivity index (χ2n) is 7.45. The standard InChI is InChI=1S/C22H34O4/c1-2-3-4-5-6-7-8-10-13-19(23)22(25)18-16-17(18)20-14-11-9-12-15-21(24)26-20/h6-7,9-11,13,17-20,22-23,25H,2-5,8,12,14-16H2,1H3/b7-6-,11-9-,13-10+/t17-,18-,19-,20-,22-/m1/s1. The molecular formula is C22H34O4. The van der Waals surface area contributed by atoms with Crippen molar-refractivity contribution in [3.05, 3.63) is 36.5 Å². The van der Waals surface area contributed by atoms with Gasteiger partial charge in [0, 0.05) is 18.8 Å². The van der Waals surface area contributed by atoms with Crippen LogP contribution in [0.5, 0.6) is 0 Å². The first-order chi connectivity index (χ1) is 12.6. The van der Waals surface area contributed by atoms with Crippen molar-refractivity contribution >= 4 is 5.97 Å². The Bertz CT molecular complexity index is 508. The number of ether oxygens (including phenoxy) is 1. The van der Waals surface area contributed by atoms with Gasteiger partial charge < -0.3 is 14.9 Å². The maximum absolute atomic E-state index is 11.7. The van der Waals surface area contributed by atoms with Crippen molar-refractivity contribution in [2.45, 2.75) is 83.0 Å². The molecule has 0 aromatic heterocycles. The summed E-state index contributed by atoms with van der Waals surface area (Å²) in [5.74, 6) is -0.00580. The molecule has 0 saturated heterocycles. The van der Waals surface area contributed by atoms with Crippen LogP contribution in [0.3, 0.4) is 0 Å². The largest absolute Gasteiger partial charge is 0.462 e. The Balaban J connectivity index is 1.70. The number of unbranched alkanes of at least 4 members (excludes halogenated alkanes) is 3. The van der Waals surface area contributed by atoms with Gasteiger partial charge in [-0.15, -0.1) is 0 Å². The Labute approximate surface area is 157 Å². The number of aliphatic hydroxyl groups is 2. The van der Waals surface area contributed by atoms with Crippen LogP contribution >= 0.6 is 0 Å². The lowest BCUT2D eigenvalue weighted by molar-refractivity contribution is -0.150. The zero-order valence-corrected chi connectivity index (χ0v) is 15.9. The molecule has 2 aliphatic rings. The van der Waals surface area contributed by atoms with Crippen molar-refractivity contribution < 1.29 is 19.7 Å². The van der Waals surface area contributed by atoms with Crippen LogP contribution in [-0.4, -0.2) is 34.5 Å². The molecule has 1 heterocycles. The number of hydrogen-bond donors (Lipinski definition) is 2. The van der Waals surface area contributed by atoms with E-state index in [9.17, 15) is 15.0 Å². The van der Waals surface area contributed by atoms with Gasteiger partial charge in [-0.2, -0.15) is 0 Å². The third-order valence-electron chi connectivity index (χ3n) is 5.24. The molecule has 0 radical (unpaired) electrons. The SMILES string of the molecule is CCCCC/C=C\C/C=C/[C@@H](O)[C@H](O)[C@@H]1C[C@H]1[C@H]1C/C=C\CCC(=O)O1. The third kappa shape index (κ3) is 7.08. The summed E-state index contributed by atoms with van der Waals surface area (Å²) in [6.07, 6.45) is 18.4. The van der Waals surface area contributed by atoms with E-state index >= 15 is 0 Å². The van der Waals surface area contributed by atoms with E-state index in [1.165, 1.54) is 19.3 Å². The Hall–Kier alpha value is -1.39. The van der Waals surface area contributed by atoms with Crippen LogP contribution in [0.2, 0.25) is 0 Å². The average molecular weight is 363 g/mol. The maximum Gasteiger partial charge on any atom is 0.306 e. The molecule has 0 amide bonds. The smallest absolute Gasteiger partial charge is 0.306 e. The van der Waals surface area contributed by atoms with Gasteiger partial charge >= 0.3 is 5.97 Å². The Morgan fingerprint density at radius 2 is 2.08 bits per heavy atom. The summed E-state index contributed by atoms with van der Waals surface area (Å²) in [6.45, 7) is 2.20. The van der Waals surface area contributed by atoms with Gasteiger partial charge in [-0.3, -0.25) is 4.79 Å². The Morgan fingerprint density at radius 3 is 2.88 bits per heavy atom. The lowest BCUT2D eigenvalue weighted by Gasteiger charge is -2.20. The van der Waals surface area contributed by atoms with Crippen molar-refractivity contribution in [1.29, 1.82) is 0 Å². The van der Waals surface area contributed by atoms with Crippen LogP contribution in [0.4, 0.5) is 0 Å². The van der Waals surface area contributed by atoms with Gasteiger partial charge in [0.25, 0.3) is 0 Å². The molecule has 2 N–H and O–H groups in total. The number of carbonyl (C=O) groups is 1. The van der Waals surface area contributed by atoms with Crippen molar-refractivity contribution in [3.8, 4) is 0 Å². The molecular weight excluding hydrogens is 328 g/mol. The van der Waals surface area contributed by atoms with Gasteiger partial charge in [-0.05, 0) is 38.0 Å². The highest BCUT2D eigenvalue weighted by atomic mass is 16.5. The fourth-order valence-corrected chi connectivity index (χ4v) is 3.53. The summed E-state index contributed by atoms with van der Waals surface area (Å²) in [6, 6.07) is 0. The highest BCUT2D eigenvalue weighted by molar-refractivity contribution is 5.70. The van der Waals surface area contributed by atoms with E-state index in [1.54, 1.807) is 6.08 Å². The van der Waals surface area contributed by atoms with E-state index in [1.807, 2.05) is 12.2 Å². The molecule has 146 valence electrons. The number of esters is 1. The summed E-state index contributed by atoms with van der Waals surface area (Å²) < 4.78 is 5.52. The number of carbonyl (C=O) groups excluding carboxylic acids is 1. The molecule has 0 spiro atoms. The summed E-state index contributed by atoms with van der Waals surface area (Å²) in [5, 5.41) is 20.6. The number of hydrogen-bond acceptors (Lipinski definition) is 4. The highest BCUT2D eigenvalue weighted by Crippen LogP contribution is 2.47. The van der Waals surface area contributed by atoms with Crippen molar-refractivity contribution in [1.82, 2.24) is 0 Å². The number of rotatable bonds is 10. The second kappa shape index (κ2) is 11.3. The quantitative estimate of drug-likeness (QED) is 0.349. The number of allylic oxidation sites excluding steroid dienone is 4. The Kier molecular flexibility index (Phi) is 9.13. The van der Waals surface area contributed by atoms with E-state index in [-0.39, 0.29) is 23.9 Å². The minimum atomic E-state index is -0.863. The van der Waals surface area contributed by atoms with Crippen LogP contribution in [-0.2, 0) is 9.53 Å². The van der Waals surface area contributed by atoms with Crippen LogP contribution in [0, 0.1) is 11.8 Å². The molecule has 2 rings (SSSR count). The molecule has 0 aromatic carbocycles. The lowest BCUT2D eigenvalue weighted by Crippen LogP contribution is -2.29. The lowest BCUT2D eigenvalue weighted by atomic mass is 10.0. The van der Waals surface area contributed by atoms with Crippen LogP contribution in [0.25, 0.3) is 0 Å². The Morgan fingerprint density at radius 1 is 1.23 bits per heavy atom.